The van der Waals surface area contributed by atoms with Gasteiger partial charge in [-0.25, -0.2) is 23.5 Å². The van der Waals surface area contributed by atoms with Crippen LogP contribution in [0.3, 0.4) is 0 Å². The van der Waals surface area contributed by atoms with E-state index in [1.54, 1.807) is 24.3 Å². The Balaban J connectivity index is 1.96. The first-order valence-electron chi connectivity index (χ1n) is 7.09. The highest BCUT2D eigenvalue weighted by Crippen LogP contribution is 2.14. The third-order valence-electron chi connectivity index (χ3n) is 3.58. The molecule has 0 bridgehead atoms. The molecule has 11 nitrogen and oxygen atoms in total. The Bertz CT molecular complexity index is 1060. The minimum absolute atomic E-state index is 0.152. The molecule has 3 rings (SSSR count). The lowest BCUT2D eigenvalue weighted by atomic mass is 10.2. The van der Waals surface area contributed by atoms with Crippen LogP contribution in [0.4, 0.5) is 5.69 Å². The molecule has 0 aliphatic rings. The van der Waals surface area contributed by atoms with E-state index in [0.717, 1.165) is 4.57 Å². The maximum Gasteiger partial charge on any atom is 0.351 e. The van der Waals surface area contributed by atoms with Crippen LogP contribution in [0.25, 0.3) is 11.3 Å². The van der Waals surface area contributed by atoms with E-state index in [4.69, 9.17) is 5.26 Å². The molecule has 3 aromatic rings. The van der Waals surface area contributed by atoms with Crippen LogP contribution in [0.1, 0.15) is 5.82 Å². The largest absolute Gasteiger partial charge is 0.360 e. The number of nitrogens with zero attached hydrogens (tertiary/aromatic N) is 7. The molecule has 126 valence electrons. The van der Waals surface area contributed by atoms with E-state index in [-0.39, 0.29) is 11.4 Å². The number of nitrogens with one attached hydrogen (secondary N) is 2. The maximum atomic E-state index is 12.2. The number of allylic oxidation sites excluding steroid dienone is 1. The molecule has 0 saturated carbocycles. The highest BCUT2D eigenvalue weighted by atomic mass is 16.2. The second-order valence-electron chi connectivity index (χ2n) is 5.05. The van der Waals surface area contributed by atoms with Crippen LogP contribution in [-0.2, 0) is 14.1 Å². The Labute approximate surface area is 140 Å². The summed E-state index contributed by atoms with van der Waals surface area (Å²) in [6.07, 6.45) is 1.41. The van der Waals surface area contributed by atoms with E-state index in [0.29, 0.717) is 11.4 Å². The molecule has 2 heterocycles. The molecule has 11 heteroatoms. The quantitative estimate of drug-likeness (QED) is 0.603. The molecule has 0 atom stereocenters. The number of rotatable bonds is 4. The zero-order valence-corrected chi connectivity index (χ0v) is 13.3. The first-order valence-corrected chi connectivity index (χ1v) is 7.09. The normalized spacial score (nSPS) is 11.3. The van der Waals surface area contributed by atoms with Gasteiger partial charge < -0.3 is 5.32 Å². The number of benzene rings is 1. The number of anilines is 1. The first-order chi connectivity index (χ1) is 12.0. The highest BCUT2D eigenvalue weighted by molar-refractivity contribution is 5.74. The Kier molecular flexibility index (Phi) is 4.00. The molecule has 0 saturated heterocycles. The summed E-state index contributed by atoms with van der Waals surface area (Å²) in [4.78, 5) is 24.4. The molecule has 0 fully saturated rings. The van der Waals surface area contributed by atoms with Gasteiger partial charge in [-0.2, -0.15) is 10.5 Å². The Morgan fingerprint density at radius 2 is 2.00 bits per heavy atom. The molecule has 0 aliphatic heterocycles. The van der Waals surface area contributed by atoms with Gasteiger partial charge in [-0.05, 0) is 23.4 Å². The van der Waals surface area contributed by atoms with E-state index in [1.807, 2.05) is 6.07 Å². The van der Waals surface area contributed by atoms with Crippen LogP contribution < -0.4 is 16.7 Å². The molecular formula is C14H13N9O2. The van der Waals surface area contributed by atoms with E-state index in [1.165, 1.54) is 29.7 Å². The number of hydrogen-bond donors (Lipinski definition) is 2. The summed E-state index contributed by atoms with van der Waals surface area (Å²) in [5.41, 5.74) is 0.246. The third-order valence-corrected chi connectivity index (χ3v) is 3.58. The second-order valence-corrected chi connectivity index (χ2v) is 5.05. The van der Waals surface area contributed by atoms with Crippen molar-refractivity contribution in [2.45, 2.75) is 0 Å². The van der Waals surface area contributed by atoms with Gasteiger partial charge >= 0.3 is 11.4 Å². The van der Waals surface area contributed by atoms with Crippen molar-refractivity contribution in [3.05, 3.63) is 57.3 Å². The average molecular weight is 339 g/mol. The predicted octanol–water partition coefficient (Wildman–Crippen LogP) is -0.636. The second kappa shape index (κ2) is 6.28. The molecular weight excluding hydrogens is 326 g/mol. The zero-order valence-electron chi connectivity index (χ0n) is 13.3. The minimum atomic E-state index is -0.454. The summed E-state index contributed by atoms with van der Waals surface area (Å²) in [6.45, 7) is 0. The SMILES string of the molecule is Cn1c(=O)n(-c2cccc(NC=C(C#N)c3nn[nH]n3)c2)c(=O)n1C. The fourth-order valence-electron chi connectivity index (χ4n) is 2.16. The summed E-state index contributed by atoms with van der Waals surface area (Å²) in [6, 6.07) is 8.62. The van der Waals surface area contributed by atoms with Crippen LogP contribution >= 0.6 is 0 Å². The van der Waals surface area contributed by atoms with Gasteiger partial charge in [-0.15, -0.1) is 10.2 Å². The Morgan fingerprint density at radius 3 is 2.60 bits per heavy atom. The number of nitriles is 1. The topological polar surface area (TPSA) is 139 Å². The number of H-pyrrole nitrogens is 1. The van der Waals surface area contributed by atoms with Crippen molar-refractivity contribution in [2.24, 2.45) is 14.1 Å². The van der Waals surface area contributed by atoms with Crippen molar-refractivity contribution in [2.75, 3.05) is 5.32 Å². The Morgan fingerprint density at radius 1 is 1.28 bits per heavy atom. The smallest absolute Gasteiger partial charge is 0.351 e. The molecule has 0 spiro atoms. The van der Waals surface area contributed by atoms with Gasteiger partial charge in [0.05, 0.1) is 5.69 Å². The van der Waals surface area contributed by atoms with E-state index in [2.05, 4.69) is 25.9 Å². The fourth-order valence-corrected chi connectivity index (χ4v) is 2.16. The summed E-state index contributed by atoms with van der Waals surface area (Å²) in [5.74, 6) is 0.152. The van der Waals surface area contributed by atoms with Crippen LogP contribution in [0.2, 0.25) is 0 Å². The molecule has 0 aliphatic carbocycles. The standard InChI is InChI=1S/C14H13N9O2/c1-21-13(24)23(14(25)22(21)2)11-5-3-4-10(6-11)16-8-9(7-15)12-17-19-20-18-12/h3-6,8,16H,1-2H3,(H,17,18,19,20). The van der Waals surface area contributed by atoms with Crippen LogP contribution in [0.15, 0.2) is 40.1 Å². The average Bonchev–Trinajstić information content (AvgIpc) is 3.21. The summed E-state index contributed by atoms with van der Waals surface area (Å²) >= 11 is 0. The number of hydrogen-bond acceptors (Lipinski definition) is 7. The van der Waals surface area contributed by atoms with Gasteiger partial charge in [0.25, 0.3) is 0 Å². The van der Waals surface area contributed by atoms with Gasteiger partial charge in [0.2, 0.25) is 5.82 Å². The highest BCUT2D eigenvalue weighted by Gasteiger charge is 2.12. The molecule has 25 heavy (non-hydrogen) atoms. The lowest BCUT2D eigenvalue weighted by molar-refractivity contribution is 0.565. The van der Waals surface area contributed by atoms with E-state index >= 15 is 0 Å². The van der Waals surface area contributed by atoms with Crippen molar-refractivity contribution < 1.29 is 0 Å². The number of aromatic nitrogens is 7. The summed E-state index contributed by atoms with van der Waals surface area (Å²) in [7, 11) is 3.02. The van der Waals surface area contributed by atoms with E-state index < -0.39 is 11.4 Å². The van der Waals surface area contributed by atoms with Gasteiger partial charge in [-0.1, -0.05) is 6.07 Å². The van der Waals surface area contributed by atoms with Gasteiger partial charge in [0.1, 0.15) is 11.6 Å². The number of tetrazole rings is 1. The van der Waals surface area contributed by atoms with Gasteiger partial charge in [0, 0.05) is 26.0 Å². The Hall–Kier alpha value is -3.94. The van der Waals surface area contributed by atoms with Crippen molar-refractivity contribution in [1.82, 2.24) is 34.6 Å². The molecule has 2 aromatic heterocycles. The van der Waals surface area contributed by atoms with Crippen molar-refractivity contribution in [1.29, 1.82) is 5.26 Å². The minimum Gasteiger partial charge on any atom is -0.360 e. The number of aromatic amines is 1. The van der Waals surface area contributed by atoms with Crippen molar-refractivity contribution in [3.63, 3.8) is 0 Å². The lowest BCUT2D eigenvalue weighted by Crippen LogP contribution is -2.26. The zero-order chi connectivity index (χ0) is 18.0. The fraction of sp³-hybridized carbons (Fsp3) is 0.143. The van der Waals surface area contributed by atoms with Crippen LogP contribution in [-0.4, -0.2) is 34.6 Å². The molecule has 0 unspecified atom stereocenters. The molecule has 1 aromatic carbocycles. The monoisotopic (exact) mass is 339 g/mol. The first kappa shape index (κ1) is 15.9. The molecule has 0 radical (unpaired) electrons. The summed E-state index contributed by atoms with van der Waals surface area (Å²) in [5, 5.41) is 25.2. The molecule has 0 amide bonds. The van der Waals surface area contributed by atoms with Crippen molar-refractivity contribution in [3.8, 4) is 11.8 Å². The lowest BCUT2D eigenvalue weighted by Gasteiger charge is -2.04. The van der Waals surface area contributed by atoms with Crippen LogP contribution in [0, 0.1) is 11.3 Å². The van der Waals surface area contributed by atoms with Crippen LogP contribution in [0.5, 0.6) is 0 Å². The maximum absolute atomic E-state index is 12.2. The molecule has 2 N–H and O–H groups in total. The predicted molar refractivity (Wildman–Crippen MR) is 87.6 cm³/mol. The van der Waals surface area contributed by atoms with Gasteiger partial charge in [-0.3, -0.25) is 0 Å². The van der Waals surface area contributed by atoms with Gasteiger partial charge in [0.15, 0.2) is 0 Å². The van der Waals surface area contributed by atoms with E-state index in [9.17, 15) is 9.59 Å². The van der Waals surface area contributed by atoms with Crippen molar-refractivity contribution >= 4 is 11.3 Å². The summed E-state index contributed by atoms with van der Waals surface area (Å²) < 4.78 is 3.48. The third kappa shape index (κ3) is 2.83.